The van der Waals surface area contributed by atoms with Crippen LogP contribution < -0.4 is 0 Å². The molecule has 0 saturated heterocycles. The summed E-state index contributed by atoms with van der Waals surface area (Å²) in [6.45, 7) is 4.69. The maximum Gasteiger partial charge on any atom is 0.332 e. The molecule has 2 N–H and O–H groups in total. The number of rotatable bonds is 6. The fraction of sp³-hybridized carbons (Fsp3) is 0.667. The standard InChI is InChI=1S/C9H17NO5S/c1-7(8(11)12)9(2,16(13,14)15)5-6-10(3)4/h1,5-6H2,2-4H3,(H,11,12)(H,13,14,15). The Morgan fingerprint density at radius 2 is 1.88 bits per heavy atom. The van der Waals surface area contributed by atoms with E-state index in [2.05, 4.69) is 6.58 Å². The van der Waals surface area contributed by atoms with Gasteiger partial charge in [0.2, 0.25) is 0 Å². The summed E-state index contributed by atoms with van der Waals surface area (Å²) in [6.07, 6.45) is -0.0377. The summed E-state index contributed by atoms with van der Waals surface area (Å²) in [5.41, 5.74) is -0.531. The van der Waals surface area contributed by atoms with Gasteiger partial charge in [-0.15, -0.1) is 0 Å². The molecule has 16 heavy (non-hydrogen) atoms. The minimum Gasteiger partial charge on any atom is -0.478 e. The maximum absolute atomic E-state index is 11.2. The first-order valence-electron chi connectivity index (χ1n) is 4.57. The van der Waals surface area contributed by atoms with Crippen molar-refractivity contribution in [3.8, 4) is 0 Å². The maximum atomic E-state index is 11.2. The van der Waals surface area contributed by atoms with Crippen LogP contribution in [0.15, 0.2) is 12.2 Å². The van der Waals surface area contributed by atoms with Crippen LogP contribution in [-0.4, -0.2) is 54.3 Å². The minimum absolute atomic E-state index is 0.0377. The van der Waals surface area contributed by atoms with E-state index in [1.165, 1.54) is 0 Å². The van der Waals surface area contributed by atoms with E-state index in [1.54, 1.807) is 19.0 Å². The molecule has 0 aliphatic heterocycles. The van der Waals surface area contributed by atoms with Gasteiger partial charge in [0.05, 0.1) is 5.57 Å². The predicted molar refractivity (Wildman–Crippen MR) is 59.9 cm³/mol. The summed E-state index contributed by atoms with van der Waals surface area (Å²) in [5.74, 6) is -1.43. The highest BCUT2D eigenvalue weighted by molar-refractivity contribution is 7.87. The Hall–Kier alpha value is -0.920. The van der Waals surface area contributed by atoms with Crippen molar-refractivity contribution in [1.29, 1.82) is 0 Å². The molecule has 0 rings (SSSR count). The van der Waals surface area contributed by atoms with E-state index in [1.807, 2.05) is 0 Å². The van der Waals surface area contributed by atoms with Crippen LogP contribution in [0.4, 0.5) is 0 Å². The normalized spacial score (nSPS) is 15.8. The van der Waals surface area contributed by atoms with E-state index < -0.39 is 26.4 Å². The van der Waals surface area contributed by atoms with Crippen molar-refractivity contribution in [3.63, 3.8) is 0 Å². The fourth-order valence-corrected chi connectivity index (χ4v) is 1.85. The molecular formula is C9H17NO5S. The molecule has 7 heteroatoms. The molecule has 0 bridgehead atoms. The second-order valence-corrected chi connectivity index (χ2v) is 5.89. The third-order valence-corrected chi connectivity index (χ3v) is 4.09. The van der Waals surface area contributed by atoms with Gasteiger partial charge in [-0.05, 0) is 34.0 Å². The molecule has 0 aliphatic carbocycles. The van der Waals surface area contributed by atoms with Crippen LogP contribution in [-0.2, 0) is 14.9 Å². The second kappa shape index (κ2) is 4.94. The molecule has 0 saturated carbocycles. The minimum atomic E-state index is -4.51. The van der Waals surface area contributed by atoms with Crippen LogP contribution in [0.1, 0.15) is 13.3 Å². The molecule has 94 valence electrons. The Balaban J connectivity index is 5.22. The van der Waals surface area contributed by atoms with Gasteiger partial charge < -0.3 is 10.0 Å². The lowest BCUT2D eigenvalue weighted by molar-refractivity contribution is -0.133. The van der Waals surface area contributed by atoms with Gasteiger partial charge in [0, 0.05) is 0 Å². The van der Waals surface area contributed by atoms with E-state index in [9.17, 15) is 13.2 Å². The zero-order valence-corrected chi connectivity index (χ0v) is 10.4. The SMILES string of the molecule is C=C(C(=O)O)C(C)(CCN(C)C)S(=O)(=O)O. The van der Waals surface area contributed by atoms with Crippen molar-refractivity contribution in [3.05, 3.63) is 12.2 Å². The van der Waals surface area contributed by atoms with Crippen molar-refractivity contribution in [2.24, 2.45) is 0 Å². The Bertz CT molecular complexity index is 387. The first-order valence-corrected chi connectivity index (χ1v) is 6.01. The summed E-state index contributed by atoms with van der Waals surface area (Å²) in [7, 11) is -1.08. The number of hydrogen-bond acceptors (Lipinski definition) is 4. The van der Waals surface area contributed by atoms with Crippen LogP contribution >= 0.6 is 0 Å². The average molecular weight is 251 g/mol. The quantitative estimate of drug-likeness (QED) is 0.518. The van der Waals surface area contributed by atoms with Crippen molar-refractivity contribution >= 4 is 16.1 Å². The smallest absolute Gasteiger partial charge is 0.332 e. The third kappa shape index (κ3) is 3.29. The first kappa shape index (κ1) is 15.1. The van der Waals surface area contributed by atoms with E-state index in [0.717, 1.165) is 6.92 Å². The van der Waals surface area contributed by atoms with Crippen molar-refractivity contribution in [1.82, 2.24) is 4.90 Å². The van der Waals surface area contributed by atoms with Crippen LogP contribution in [0.5, 0.6) is 0 Å². The largest absolute Gasteiger partial charge is 0.478 e. The van der Waals surface area contributed by atoms with E-state index in [-0.39, 0.29) is 6.42 Å². The number of carbonyl (C=O) groups is 1. The molecule has 0 fully saturated rings. The molecule has 6 nitrogen and oxygen atoms in total. The topological polar surface area (TPSA) is 94.9 Å². The van der Waals surface area contributed by atoms with Crippen molar-refractivity contribution < 1.29 is 22.9 Å². The lowest BCUT2D eigenvalue weighted by Gasteiger charge is -2.27. The van der Waals surface area contributed by atoms with Crippen molar-refractivity contribution in [2.75, 3.05) is 20.6 Å². The summed E-state index contributed by atoms with van der Waals surface area (Å²) >= 11 is 0. The Morgan fingerprint density at radius 3 is 2.12 bits per heavy atom. The first-order chi connectivity index (χ1) is 7.02. The number of hydrogen-bond donors (Lipinski definition) is 2. The second-order valence-electron chi connectivity index (χ2n) is 4.04. The van der Waals surface area contributed by atoms with Gasteiger partial charge in [-0.2, -0.15) is 8.42 Å². The molecule has 0 aromatic carbocycles. The van der Waals surface area contributed by atoms with Crippen molar-refractivity contribution in [2.45, 2.75) is 18.1 Å². The summed E-state index contributed by atoms with van der Waals surface area (Å²) in [4.78, 5) is 12.4. The number of aliphatic carboxylic acids is 1. The Morgan fingerprint density at radius 1 is 1.44 bits per heavy atom. The van der Waals surface area contributed by atoms with Gasteiger partial charge in [0.15, 0.2) is 0 Å². The number of carboxylic acids is 1. The average Bonchev–Trinajstić information content (AvgIpc) is 2.10. The van der Waals surface area contributed by atoms with Gasteiger partial charge in [0.25, 0.3) is 10.1 Å². The molecule has 0 aromatic heterocycles. The number of carboxylic acid groups (broad SMARTS) is 1. The summed E-state index contributed by atoms with van der Waals surface area (Å²) in [6, 6.07) is 0. The summed E-state index contributed by atoms with van der Waals surface area (Å²) in [5, 5.41) is 8.76. The number of nitrogens with zero attached hydrogens (tertiary/aromatic N) is 1. The molecule has 1 unspecified atom stereocenters. The Kier molecular flexibility index (Phi) is 4.66. The molecule has 0 amide bonds. The van der Waals surface area contributed by atoms with E-state index >= 15 is 0 Å². The molecule has 1 atom stereocenters. The van der Waals surface area contributed by atoms with Gasteiger partial charge in [0.1, 0.15) is 4.75 Å². The van der Waals surface area contributed by atoms with Crippen LogP contribution in [0, 0.1) is 0 Å². The lowest BCUT2D eigenvalue weighted by Crippen LogP contribution is -2.42. The zero-order chi connectivity index (χ0) is 13.1. The lowest BCUT2D eigenvalue weighted by atomic mass is 9.98. The molecule has 0 aliphatic rings. The van der Waals surface area contributed by atoms with Crippen LogP contribution in [0.3, 0.4) is 0 Å². The highest BCUT2D eigenvalue weighted by Gasteiger charge is 2.43. The van der Waals surface area contributed by atoms with Crippen LogP contribution in [0.2, 0.25) is 0 Å². The highest BCUT2D eigenvalue weighted by atomic mass is 32.2. The third-order valence-electron chi connectivity index (χ3n) is 2.50. The van der Waals surface area contributed by atoms with Gasteiger partial charge in [-0.1, -0.05) is 6.58 Å². The zero-order valence-electron chi connectivity index (χ0n) is 9.60. The highest BCUT2D eigenvalue weighted by Crippen LogP contribution is 2.28. The monoisotopic (exact) mass is 251 g/mol. The predicted octanol–water partition coefficient (Wildman–Crippen LogP) is 0.225. The molecule has 0 heterocycles. The fourth-order valence-electron chi connectivity index (χ4n) is 1.10. The van der Waals surface area contributed by atoms with E-state index in [0.29, 0.717) is 6.54 Å². The molecular weight excluding hydrogens is 234 g/mol. The van der Waals surface area contributed by atoms with Gasteiger partial charge >= 0.3 is 5.97 Å². The molecule has 0 spiro atoms. The summed E-state index contributed by atoms with van der Waals surface area (Å²) < 4.78 is 29.7. The molecule has 0 radical (unpaired) electrons. The molecule has 0 aromatic rings. The Labute approximate surface area is 95.3 Å². The van der Waals surface area contributed by atoms with E-state index in [4.69, 9.17) is 9.66 Å². The van der Waals surface area contributed by atoms with Gasteiger partial charge in [-0.25, -0.2) is 4.79 Å². The van der Waals surface area contributed by atoms with Crippen LogP contribution in [0.25, 0.3) is 0 Å². The van der Waals surface area contributed by atoms with Gasteiger partial charge in [-0.3, -0.25) is 4.55 Å².